The Balaban J connectivity index is 2.53. The summed E-state index contributed by atoms with van der Waals surface area (Å²) in [6, 6.07) is 7.88. The first-order chi connectivity index (χ1) is 13.0. The van der Waals surface area contributed by atoms with Crippen LogP contribution in [-0.4, -0.2) is 42.1 Å². The molecule has 1 aromatic carbocycles. The molecule has 0 saturated heterocycles. The molecule has 7 heteroatoms. The fraction of sp³-hybridized carbons (Fsp3) is 0.571. The number of esters is 2. The third-order valence-electron chi connectivity index (χ3n) is 3.81. The van der Waals surface area contributed by atoms with Crippen molar-refractivity contribution in [2.24, 2.45) is 5.92 Å². The maximum absolute atomic E-state index is 12.4. The maximum atomic E-state index is 12.4. The van der Waals surface area contributed by atoms with Crippen LogP contribution in [0, 0.1) is 5.92 Å². The second-order valence-electron chi connectivity index (χ2n) is 8.01. The number of amides is 1. The molecule has 0 spiro atoms. The first-order valence-corrected chi connectivity index (χ1v) is 9.45. The van der Waals surface area contributed by atoms with E-state index in [1.54, 1.807) is 27.7 Å². The first-order valence-electron chi connectivity index (χ1n) is 9.45. The predicted molar refractivity (Wildman–Crippen MR) is 106 cm³/mol. The molecule has 28 heavy (non-hydrogen) atoms. The largest absolute Gasteiger partial charge is 0.459 e. The number of carbonyl (C=O) groups is 3. The summed E-state index contributed by atoms with van der Waals surface area (Å²) >= 11 is 0. The topological polar surface area (TPSA) is 93.7 Å². The van der Waals surface area contributed by atoms with Crippen LogP contribution in [0.2, 0.25) is 0 Å². The van der Waals surface area contributed by atoms with E-state index in [1.165, 1.54) is 0 Å². The van der Waals surface area contributed by atoms with Gasteiger partial charge in [-0.1, -0.05) is 44.2 Å². The van der Waals surface area contributed by atoms with E-state index in [0.29, 0.717) is 0 Å². The summed E-state index contributed by atoms with van der Waals surface area (Å²) in [7, 11) is 0. The fourth-order valence-electron chi connectivity index (χ4n) is 2.30. The van der Waals surface area contributed by atoms with Gasteiger partial charge in [0.15, 0.2) is 0 Å². The van der Waals surface area contributed by atoms with Crippen LogP contribution in [-0.2, 0) is 30.5 Å². The van der Waals surface area contributed by atoms with Gasteiger partial charge in [-0.05, 0) is 39.2 Å². The normalized spacial score (nSPS) is 13.5. The number of ether oxygens (including phenoxy) is 2. The summed E-state index contributed by atoms with van der Waals surface area (Å²) < 4.78 is 10.5. The molecule has 1 amide bonds. The van der Waals surface area contributed by atoms with Gasteiger partial charge >= 0.3 is 11.9 Å². The van der Waals surface area contributed by atoms with Crippen molar-refractivity contribution in [3.05, 3.63) is 35.9 Å². The van der Waals surface area contributed by atoms with Crippen molar-refractivity contribution in [1.29, 1.82) is 0 Å². The molecule has 7 nitrogen and oxygen atoms in total. The van der Waals surface area contributed by atoms with Crippen LogP contribution in [0.5, 0.6) is 0 Å². The molecule has 0 aliphatic carbocycles. The molecular formula is C21H32N2O5. The Morgan fingerprint density at radius 1 is 1.04 bits per heavy atom. The minimum Gasteiger partial charge on any atom is -0.459 e. The van der Waals surface area contributed by atoms with E-state index in [9.17, 15) is 14.4 Å². The van der Waals surface area contributed by atoms with Crippen molar-refractivity contribution >= 4 is 17.8 Å². The molecule has 0 bridgehead atoms. The zero-order chi connectivity index (χ0) is 21.3. The Bertz CT molecular complexity index is 653. The average Bonchev–Trinajstić information content (AvgIpc) is 2.61. The standard InChI is InChI=1S/C21H32N2O5/c1-14(2)18(20(26)27-13-16-10-8-7-9-11-16)23-19(25)15(3)22-12-17(24)28-21(4,5)6/h7-11,14-15,18,22H,12-13H2,1-6H3,(H,23,25)/t15-,18-/m0/s1. The highest BCUT2D eigenvalue weighted by molar-refractivity contribution is 5.87. The van der Waals surface area contributed by atoms with E-state index in [2.05, 4.69) is 10.6 Å². The van der Waals surface area contributed by atoms with Gasteiger partial charge in [-0.2, -0.15) is 0 Å². The second kappa shape index (κ2) is 10.8. The van der Waals surface area contributed by atoms with Crippen LogP contribution >= 0.6 is 0 Å². The average molecular weight is 392 g/mol. The van der Waals surface area contributed by atoms with Crippen molar-refractivity contribution < 1.29 is 23.9 Å². The van der Waals surface area contributed by atoms with Gasteiger partial charge in [0.05, 0.1) is 12.6 Å². The Hall–Kier alpha value is -2.41. The highest BCUT2D eigenvalue weighted by Crippen LogP contribution is 2.08. The molecule has 156 valence electrons. The lowest BCUT2D eigenvalue weighted by molar-refractivity contribution is -0.154. The summed E-state index contributed by atoms with van der Waals surface area (Å²) in [5.41, 5.74) is 0.285. The Morgan fingerprint density at radius 3 is 2.18 bits per heavy atom. The lowest BCUT2D eigenvalue weighted by Crippen LogP contribution is -2.52. The summed E-state index contributed by atoms with van der Waals surface area (Å²) in [6.45, 7) is 10.6. The van der Waals surface area contributed by atoms with Crippen molar-refractivity contribution in [2.75, 3.05) is 6.54 Å². The molecule has 0 heterocycles. The smallest absolute Gasteiger partial charge is 0.329 e. The fourth-order valence-corrected chi connectivity index (χ4v) is 2.30. The molecule has 0 aliphatic heterocycles. The number of benzene rings is 1. The minimum atomic E-state index is -0.776. The molecule has 0 unspecified atom stereocenters. The lowest BCUT2D eigenvalue weighted by Gasteiger charge is -2.24. The summed E-state index contributed by atoms with van der Waals surface area (Å²) in [4.78, 5) is 36.6. The Kier molecular flexibility index (Phi) is 9.12. The second-order valence-corrected chi connectivity index (χ2v) is 8.01. The molecule has 2 N–H and O–H groups in total. The van der Waals surface area contributed by atoms with E-state index in [4.69, 9.17) is 9.47 Å². The summed E-state index contributed by atoms with van der Waals surface area (Å²) in [5, 5.41) is 5.50. The van der Waals surface area contributed by atoms with Gasteiger partial charge in [0.1, 0.15) is 18.2 Å². The van der Waals surface area contributed by atoms with Crippen molar-refractivity contribution in [2.45, 2.75) is 65.8 Å². The molecule has 1 aromatic rings. The molecule has 0 aliphatic rings. The predicted octanol–water partition coefficient (Wildman–Crippen LogP) is 2.19. The van der Waals surface area contributed by atoms with Crippen molar-refractivity contribution in [3.8, 4) is 0 Å². The highest BCUT2D eigenvalue weighted by atomic mass is 16.6. The quantitative estimate of drug-likeness (QED) is 0.626. The molecule has 0 saturated carbocycles. The van der Waals surface area contributed by atoms with Crippen LogP contribution in [0.3, 0.4) is 0 Å². The van der Waals surface area contributed by atoms with Gasteiger partial charge in [-0.3, -0.25) is 14.9 Å². The number of carbonyl (C=O) groups excluding carboxylic acids is 3. The molecule has 0 aromatic heterocycles. The summed E-state index contributed by atoms with van der Waals surface area (Å²) in [6.07, 6.45) is 0. The zero-order valence-electron chi connectivity index (χ0n) is 17.6. The van der Waals surface area contributed by atoms with Gasteiger partial charge in [0, 0.05) is 0 Å². The molecule has 2 atom stereocenters. The van der Waals surface area contributed by atoms with Gasteiger partial charge in [-0.15, -0.1) is 0 Å². The van der Waals surface area contributed by atoms with E-state index >= 15 is 0 Å². The SMILES string of the molecule is CC(C)[C@H](NC(=O)[C@H](C)NCC(=O)OC(C)(C)C)C(=O)OCc1ccccc1. The first kappa shape index (κ1) is 23.6. The maximum Gasteiger partial charge on any atom is 0.329 e. The van der Waals surface area contributed by atoms with Crippen LogP contribution in [0.25, 0.3) is 0 Å². The van der Waals surface area contributed by atoms with Gasteiger partial charge in [0.25, 0.3) is 0 Å². The van der Waals surface area contributed by atoms with Crippen LogP contribution in [0.15, 0.2) is 30.3 Å². The van der Waals surface area contributed by atoms with Crippen molar-refractivity contribution in [1.82, 2.24) is 10.6 Å². The Labute approximate surface area is 167 Å². The molecule has 0 radical (unpaired) electrons. The van der Waals surface area contributed by atoms with Crippen LogP contribution in [0.1, 0.15) is 47.1 Å². The van der Waals surface area contributed by atoms with Gasteiger partial charge in [-0.25, -0.2) is 4.79 Å². The van der Waals surface area contributed by atoms with Gasteiger partial charge in [0.2, 0.25) is 5.91 Å². The number of nitrogens with one attached hydrogen (secondary N) is 2. The number of rotatable bonds is 9. The molecule has 0 fully saturated rings. The minimum absolute atomic E-state index is 0.101. The van der Waals surface area contributed by atoms with E-state index in [0.717, 1.165) is 5.56 Å². The van der Waals surface area contributed by atoms with Crippen molar-refractivity contribution in [3.63, 3.8) is 0 Å². The lowest BCUT2D eigenvalue weighted by atomic mass is 10.0. The molecule has 1 rings (SSSR count). The third-order valence-corrected chi connectivity index (χ3v) is 3.81. The van der Waals surface area contributed by atoms with E-state index < -0.39 is 29.6 Å². The highest BCUT2D eigenvalue weighted by Gasteiger charge is 2.28. The number of hydrogen-bond acceptors (Lipinski definition) is 6. The van der Waals surface area contributed by atoms with Crippen LogP contribution in [0.4, 0.5) is 0 Å². The third kappa shape index (κ3) is 8.99. The van der Waals surface area contributed by atoms with Gasteiger partial charge < -0.3 is 14.8 Å². The van der Waals surface area contributed by atoms with E-state index in [1.807, 2.05) is 44.2 Å². The Morgan fingerprint density at radius 2 is 1.64 bits per heavy atom. The van der Waals surface area contributed by atoms with E-state index in [-0.39, 0.29) is 25.0 Å². The monoisotopic (exact) mass is 392 g/mol. The van der Waals surface area contributed by atoms with Crippen LogP contribution < -0.4 is 10.6 Å². The number of hydrogen-bond donors (Lipinski definition) is 2. The molecular weight excluding hydrogens is 360 g/mol. The zero-order valence-corrected chi connectivity index (χ0v) is 17.6. The summed E-state index contributed by atoms with van der Waals surface area (Å²) in [5.74, 6) is -1.48.